The lowest BCUT2D eigenvalue weighted by molar-refractivity contribution is 0.996. The number of halogens is 2. The molecular formula is C14H9Cl2N5. The molecule has 0 amide bonds. The second-order valence-corrected chi connectivity index (χ2v) is 5.07. The smallest absolute Gasteiger partial charge is 0.240 e. The molecule has 21 heavy (non-hydrogen) atoms. The molecule has 0 unspecified atom stereocenters. The number of hydrogen-bond acceptors (Lipinski definition) is 5. The van der Waals surface area contributed by atoms with Gasteiger partial charge in [0, 0.05) is 22.3 Å². The molecule has 0 bridgehead atoms. The van der Waals surface area contributed by atoms with E-state index >= 15 is 0 Å². The molecule has 1 aromatic carbocycles. The lowest BCUT2D eigenvalue weighted by Crippen LogP contribution is -2.02. The van der Waals surface area contributed by atoms with Crippen LogP contribution in [0.3, 0.4) is 0 Å². The van der Waals surface area contributed by atoms with Gasteiger partial charge in [-0.25, -0.2) is 9.97 Å². The second-order valence-electron chi connectivity index (χ2n) is 4.24. The van der Waals surface area contributed by atoms with Gasteiger partial charge in [0.1, 0.15) is 16.5 Å². The molecule has 0 radical (unpaired) electrons. The van der Waals surface area contributed by atoms with Gasteiger partial charge in [-0.2, -0.15) is 0 Å². The van der Waals surface area contributed by atoms with Crippen LogP contribution in [0.15, 0.2) is 42.6 Å². The predicted octanol–water partition coefficient (Wildman–Crippen LogP) is 3.49. The number of pyridine rings is 1. The summed E-state index contributed by atoms with van der Waals surface area (Å²) >= 11 is 11.8. The van der Waals surface area contributed by atoms with Crippen molar-refractivity contribution >= 4 is 29.2 Å². The van der Waals surface area contributed by atoms with Crippen LogP contribution in [0.1, 0.15) is 0 Å². The minimum Gasteiger partial charge on any atom is -0.366 e. The summed E-state index contributed by atoms with van der Waals surface area (Å²) in [5.41, 5.74) is 8.45. The minimum absolute atomic E-state index is 0.101. The van der Waals surface area contributed by atoms with E-state index in [2.05, 4.69) is 20.2 Å². The Balaban J connectivity index is 2.20. The Morgan fingerprint density at radius 2 is 1.62 bits per heavy atom. The number of benzene rings is 1. The molecule has 0 fully saturated rings. The molecule has 104 valence electrons. The van der Waals surface area contributed by atoms with E-state index in [-0.39, 0.29) is 5.95 Å². The van der Waals surface area contributed by atoms with Gasteiger partial charge in [-0.1, -0.05) is 35.3 Å². The number of nitrogen functional groups attached to an aromatic ring is 1. The Morgan fingerprint density at radius 3 is 2.33 bits per heavy atom. The van der Waals surface area contributed by atoms with Crippen LogP contribution in [0.2, 0.25) is 10.2 Å². The molecule has 0 aliphatic carbocycles. The zero-order valence-corrected chi connectivity index (χ0v) is 12.2. The topological polar surface area (TPSA) is 77.6 Å². The monoisotopic (exact) mass is 317 g/mol. The first-order valence-electron chi connectivity index (χ1n) is 6.01. The highest BCUT2D eigenvalue weighted by molar-refractivity contribution is 6.30. The van der Waals surface area contributed by atoms with Gasteiger partial charge in [0.15, 0.2) is 0 Å². The Hall–Kier alpha value is -2.24. The van der Waals surface area contributed by atoms with Gasteiger partial charge < -0.3 is 5.73 Å². The summed E-state index contributed by atoms with van der Waals surface area (Å²) in [4.78, 5) is 8.23. The van der Waals surface area contributed by atoms with Crippen molar-refractivity contribution in [1.82, 2.24) is 20.2 Å². The van der Waals surface area contributed by atoms with Gasteiger partial charge in [-0.3, -0.25) is 0 Å². The van der Waals surface area contributed by atoms with E-state index in [4.69, 9.17) is 28.9 Å². The number of nitrogens with zero attached hydrogens (tertiary/aromatic N) is 4. The zero-order chi connectivity index (χ0) is 14.8. The molecule has 3 aromatic rings. The maximum Gasteiger partial charge on any atom is 0.240 e. The van der Waals surface area contributed by atoms with Crippen molar-refractivity contribution in [2.24, 2.45) is 0 Å². The normalized spacial score (nSPS) is 10.6. The number of rotatable bonds is 2. The molecule has 2 N–H and O–H groups in total. The maximum absolute atomic E-state index is 5.92. The number of anilines is 1. The number of hydrogen-bond donors (Lipinski definition) is 1. The van der Waals surface area contributed by atoms with E-state index in [1.807, 2.05) is 12.1 Å². The van der Waals surface area contributed by atoms with Crippen molar-refractivity contribution in [3.63, 3.8) is 0 Å². The first-order valence-corrected chi connectivity index (χ1v) is 6.77. The molecule has 0 saturated heterocycles. The van der Waals surface area contributed by atoms with E-state index in [0.29, 0.717) is 21.6 Å². The van der Waals surface area contributed by atoms with E-state index < -0.39 is 0 Å². The molecule has 0 aliphatic rings. The summed E-state index contributed by atoms with van der Waals surface area (Å²) in [6.45, 7) is 0. The van der Waals surface area contributed by atoms with Crippen LogP contribution >= 0.6 is 23.2 Å². The summed E-state index contributed by atoms with van der Waals surface area (Å²) in [6, 6.07) is 10.7. The van der Waals surface area contributed by atoms with Crippen molar-refractivity contribution in [3.05, 3.63) is 52.8 Å². The van der Waals surface area contributed by atoms with Crippen molar-refractivity contribution in [2.45, 2.75) is 0 Å². The Kier molecular flexibility index (Phi) is 3.68. The van der Waals surface area contributed by atoms with Gasteiger partial charge >= 0.3 is 0 Å². The summed E-state index contributed by atoms with van der Waals surface area (Å²) in [5, 5.41) is 8.96. The summed E-state index contributed by atoms with van der Waals surface area (Å²) in [5.74, 6) is 0.101. The predicted molar refractivity (Wildman–Crippen MR) is 82.9 cm³/mol. The summed E-state index contributed by atoms with van der Waals surface area (Å²) < 4.78 is 0. The van der Waals surface area contributed by atoms with Crippen molar-refractivity contribution in [3.8, 4) is 22.5 Å². The molecule has 0 atom stereocenters. The van der Waals surface area contributed by atoms with Crippen LogP contribution in [0.25, 0.3) is 22.5 Å². The van der Waals surface area contributed by atoms with Gasteiger partial charge in [0.2, 0.25) is 5.95 Å². The molecule has 2 aromatic heterocycles. The third-order valence-corrected chi connectivity index (χ3v) is 3.28. The fraction of sp³-hybridized carbons (Fsp3) is 0. The third-order valence-electron chi connectivity index (χ3n) is 2.82. The quantitative estimate of drug-likeness (QED) is 0.732. The number of nitrogens with two attached hydrogens (primary N) is 1. The maximum atomic E-state index is 5.92. The average Bonchev–Trinajstić information content (AvgIpc) is 2.48. The van der Waals surface area contributed by atoms with Gasteiger partial charge in [0.05, 0.1) is 0 Å². The van der Waals surface area contributed by atoms with Crippen LogP contribution in [-0.2, 0) is 0 Å². The number of aromatic nitrogens is 4. The standard InChI is InChI=1S/C14H9Cl2N5/c15-10-3-1-8(2-4-10)12-13(20-21-14(17)19-12)9-5-6-18-11(16)7-9/h1-7H,(H2,17,19,21). The first-order chi connectivity index (χ1) is 10.1. The molecule has 5 nitrogen and oxygen atoms in total. The van der Waals surface area contributed by atoms with Gasteiger partial charge in [-0.15, -0.1) is 10.2 Å². The van der Waals surface area contributed by atoms with E-state index in [0.717, 1.165) is 11.1 Å². The van der Waals surface area contributed by atoms with Crippen molar-refractivity contribution in [1.29, 1.82) is 0 Å². The molecule has 0 spiro atoms. The summed E-state index contributed by atoms with van der Waals surface area (Å²) in [6.07, 6.45) is 1.60. The van der Waals surface area contributed by atoms with Crippen LogP contribution in [-0.4, -0.2) is 20.2 Å². The fourth-order valence-corrected chi connectivity index (χ4v) is 2.19. The molecule has 2 heterocycles. The molecule has 3 rings (SSSR count). The Bertz CT molecular complexity index is 790. The third kappa shape index (κ3) is 2.94. The zero-order valence-electron chi connectivity index (χ0n) is 10.7. The molecule has 0 saturated carbocycles. The van der Waals surface area contributed by atoms with E-state index in [9.17, 15) is 0 Å². The highest BCUT2D eigenvalue weighted by Crippen LogP contribution is 2.30. The van der Waals surface area contributed by atoms with Crippen LogP contribution in [0.4, 0.5) is 5.95 Å². The average molecular weight is 318 g/mol. The van der Waals surface area contributed by atoms with Crippen LogP contribution in [0.5, 0.6) is 0 Å². The van der Waals surface area contributed by atoms with Gasteiger partial charge in [0.25, 0.3) is 0 Å². The Morgan fingerprint density at radius 1 is 0.857 bits per heavy atom. The molecule has 0 aliphatic heterocycles. The largest absolute Gasteiger partial charge is 0.366 e. The fourth-order valence-electron chi connectivity index (χ4n) is 1.89. The van der Waals surface area contributed by atoms with E-state index in [1.165, 1.54) is 0 Å². The first kappa shape index (κ1) is 13.7. The second kappa shape index (κ2) is 5.63. The van der Waals surface area contributed by atoms with Crippen LogP contribution < -0.4 is 5.73 Å². The van der Waals surface area contributed by atoms with Crippen LogP contribution in [0, 0.1) is 0 Å². The lowest BCUT2D eigenvalue weighted by atomic mass is 10.1. The molecule has 7 heteroatoms. The highest BCUT2D eigenvalue weighted by atomic mass is 35.5. The lowest BCUT2D eigenvalue weighted by Gasteiger charge is -2.08. The van der Waals surface area contributed by atoms with Gasteiger partial charge in [-0.05, 0) is 24.3 Å². The Labute approximate surface area is 130 Å². The summed E-state index contributed by atoms with van der Waals surface area (Å²) in [7, 11) is 0. The highest BCUT2D eigenvalue weighted by Gasteiger charge is 2.13. The SMILES string of the molecule is Nc1nnc(-c2ccnc(Cl)c2)c(-c2ccc(Cl)cc2)n1. The van der Waals surface area contributed by atoms with E-state index in [1.54, 1.807) is 30.5 Å². The van der Waals surface area contributed by atoms with Crippen molar-refractivity contribution < 1.29 is 0 Å². The minimum atomic E-state index is 0.101. The molecular weight excluding hydrogens is 309 g/mol. The van der Waals surface area contributed by atoms with Crippen molar-refractivity contribution in [2.75, 3.05) is 5.73 Å².